The van der Waals surface area contributed by atoms with Crippen LogP contribution in [-0.2, 0) is 19.4 Å². The minimum absolute atomic E-state index is 0.313. The maximum Gasteiger partial charge on any atom is 0.224 e. The van der Waals surface area contributed by atoms with Crippen molar-refractivity contribution in [3.8, 4) is 0 Å². The van der Waals surface area contributed by atoms with Crippen molar-refractivity contribution in [1.29, 1.82) is 0 Å². The fourth-order valence-corrected chi connectivity index (χ4v) is 2.32. The van der Waals surface area contributed by atoms with E-state index in [9.17, 15) is 0 Å². The molecule has 0 amide bonds. The molecule has 0 atom stereocenters. The lowest BCUT2D eigenvalue weighted by Crippen LogP contribution is -2.05. The first kappa shape index (κ1) is 10.6. The van der Waals surface area contributed by atoms with Crippen molar-refractivity contribution in [2.45, 2.75) is 25.8 Å². The molecule has 0 aliphatic heterocycles. The monoisotopic (exact) mass is 249 g/mol. The van der Waals surface area contributed by atoms with Gasteiger partial charge < -0.3 is 9.73 Å². The SMILES string of the molecule is Clc1nc2c(c(NCc3ccco3)n1)CCC2. The van der Waals surface area contributed by atoms with Crippen molar-refractivity contribution in [3.05, 3.63) is 40.7 Å². The van der Waals surface area contributed by atoms with Crippen molar-refractivity contribution >= 4 is 17.4 Å². The Hall–Kier alpha value is -1.55. The molecule has 0 spiro atoms. The average Bonchev–Trinajstić information content (AvgIpc) is 2.95. The Labute approximate surface area is 104 Å². The van der Waals surface area contributed by atoms with E-state index in [2.05, 4.69) is 15.3 Å². The molecule has 2 aromatic heterocycles. The Balaban J connectivity index is 1.83. The molecule has 2 heterocycles. The third-order valence-corrected chi connectivity index (χ3v) is 3.09. The number of aryl methyl sites for hydroxylation is 1. The highest BCUT2D eigenvalue weighted by molar-refractivity contribution is 6.28. The van der Waals surface area contributed by atoms with Crippen LogP contribution in [0.2, 0.25) is 5.28 Å². The number of halogens is 1. The van der Waals surface area contributed by atoms with Crippen LogP contribution in [0.25, 0.3) is 0 Å². The lowest BCUT2D eigenvalue weighted by atomic mass is 10.2. The predicted molar refractivity (Wildman–Crippen MR) is 65.1 cm³/mol. The molecule has 0 bridgehead atoms. The minimum atomic E-state index is 0.313. The Kier molecular flexibility index (Phi) is 2.73. The summed E-state index contributed by atoms with van der Waals surface area (Å²) in [6.07, 6.45) is 4.80. The molecule has 1 aliphatic carbocycles. The maximum absolute atomic E-state index is 5.90. The van der Waals surface area contributed by atoms with E-state index in [1.807, 2.05) is 12.1 Å². The first-order valence-electron chi connectivity index (χ1n) is 5.64. The Bertz CT molecular complexity index is 525. The van der Waals surface area contributed by atoms with E-state index in [1.54, 1.807) is 6.26 Å². The van der Waals surface area contributed by atoms with Crippen LogP contribution in [0, 0.1) is 0 Å². The minimum Gasteiger partial charge on any atom is -0.467 e. The van der Waals surface area contributed by atoms with Gasteiger partial charge in [0.15, 0.2) is 0 Å². The van der Waals surface area contributed by atoms with Crippen LogP contribution in [0.15, 0.2) is 22.8 Å². The number of hydrogen-bond acceptors (Lipinski definition) is 4. The summed E-state index contributed by atoms with van der Waals surface area (Å²) in [5, 5.41) is 3.57. The summed E-state index contributed by atoms with van der Waals surface area (Å²) in [7, 11) is 0. The highest BCUT2D eigenvalue weighted by atomic mass is 35.5. The van der Waals surface area contributed by atoms with Gasteiger partial charge in [-0.3, -0.25) is 0 Å². The van der Waals surface area contributed by atoms with Gasteiger partial charge in [0, 0.05) is 5.56 Å². The lowest BCUT2D eigenvalue weighted by Gasteiger charge is -2.09. The number of furan rings is 1. The number of anilines is 1. The van der Waals surface area contributed by atoms with Gasteiger partial charge in [0.05, 0.1) is 18.5 Å². The summed E-state index contributed by atoms with van der Waals surface area (Å²) in [5.41, 5.74) is 2.27. The zero-order chi connectivity index (χ0) is 11.7. The topological polar surface area (TPSA) is 51.0 Å². The van der Waals surface area contributed by atoms with Crippen LogP contribution in [0.4, 0.5) is 5.82 Å². The van der Waals surface area contributed by atoms with E-state index < -0.39 is 0 Å². The van der Waals surface area contributed by atoms with Crippen LogP contribution < -0.4 is 5.32 Å². The number of nitrogens with zero attached hydrogens (tertiary/aromatic N) is 2. The van der Waals surface area contributed by atoms with E-state index in [4.69, 9.17) is 16.0 Å². The molecule has 0 unspecified atom stereocenters. The Morgan fingerprint density at radius 1 is 1.35 bits per heavy atom. The largest absolute Gasteiger partial charge is 0.467 e. The van der Waals surface area contributed by atoms with Gasteiger partial charge in [-0.15, -0.1) is 0 Å². The number of fused-ring (bicyclic) bond motifs is 1. The molecule has 88 valence electrons. The molecular weight excluding hydrogens is 238 g/mol. The third kappa shape index (κ3) is 2.13. The second-order valence-corrected chi connectivity index (χ2v) is 4.39. The zero-order valence-corrected chi connectivity index (χ0v) is 10.00. The fourth-order valence-electron chi connectivity index (χ4n) is 2.13. The fraction of sp³-hybridized carbons (Fsp3) is 0.333. The first-order valence-corrected chi connectivity index (χ1v) is 6.02. The molecule has 0 radical (unpaired) electrons. The van der Waals surface area contributed by atoms with Gasteiger partial charge in [-0.25, -0.2) is 9.97 Å². The zero-order valence-electron chi connectivity index (χ0n) is 9.24. The number of nitrogens with one attached hydrogen (secondary N) is 1. The molecule has 17 heavy (non-hydrogen) atoms. The molecule has 5 heteroatoms. The van der Waals surface area contributed by atoms with Crippen LogP contribution in [0.1, 0.15) is 23.4 Å². The highest BCUT2D eigenvalue weighted by Crippen LogP contribution is 2.27. The van der Waals surface area contributed by atoms with Gasteiger partial charge in [-0.05, 0) is 43.0 Å². The third-order valence-electron chi connectivity index (χ3n) is 2.92. The molecule has 0 fully saturated rings. The second kappa shape index (κ2) is 4.37. The van der Waals surface area contributed by atoms with Crippen molar-refractivity contribution in [2.75, 3.05) is 5.32 Å². The van der Waals surface area contributed by atoms with Crippen molar-refractivity contribution in [3.63, 3.8) is 0 Å². The summed E-state index contributed by atoms with van der Waals surface area (Å²) in [5.74, 6) is 1.72. The first-order chi connectivity index (χ1) is 8.33. The predicted octanol–water partition coefficient (Wildman–Crippen LogP) is 2.82. The maximum atomic E-state index is 5.90. The van der Waals surface area contributed by atoms with Gasteiger partial charge in [-0.1, -0.05) is 0 Å². The quantitative estimate of drug-likeness (QED) is 0.850. The molecule has 3 rings (SSSR count). The summed E-state index contributed by atoms with van der Waals surface area (Å²) in [6, 6.07) is 3.80. The summed E-state index contributed by atoms with van der Waals surface area (Å²) >= 11 is 5.90. The molecular formula is C12H12ClN3O. The molecule has 2 aromatic rings. The standard InChI is InChI=1S/C12H12ClN3O/c13-12-15-10-5-1-4-9(10)11(16-12)14-7-8-3-2-6-17-8/h2-3,6H,1,4-5,7H2,(H,14,15,16). The van der Waals surface area contributed by atoms with Gasteiger partial charge in [0.1, 0.15) is 11.6 Å². The Morgan fingerprint density at radius 2 is 2.29 bits per heavy atom. The molecule has 0 aromatic carbocycles. The normalized spacial score (nSPS) is 13.7. The van der Waals surface area contributed by atoms with Gasteiger partial charge >= 0.3 is 0 Å². The van der Waals surface area contributed by atoms with E-state index in [-0.39, 0.29) is 0 Å². The molecule has 1 aliphatic rings. The van der Waals surface area contributed by atoms with Gasteiger partial charge in [-0.2, -0.15) is 0 Å². The summed E-state index contributed by atoms with van der Waals surface area (Å²) in [6.45, 7) is 0.618. The van der Waals surface area contributed by atoms with Crippen molar-refractivity contribution in [1.82, 2.24) is 9.97 Å². The van der Waals surface area contributed by atoms with Gasteiger partial charge in [0.25, 0.3) is 0 Å². The van der Waals surface area contributed by atoms with Crippen LogP contribution in [0.5, 0.6) is 0 Å². The molecule has 0 saturated heterocycles. The number of hydrogen-bond donors (Lipinski definition) is 1. The lowest BCUT2D eigenvalue weighted by molar-refractivity contribution is 0.517. The average molecular weight is 250 g/mol. The van der Waals surface area contributed by atoms with Crippen LogP contribution in [0.3, 0.4) is 0 Å². The van der Waals surface area contributed by atoms with Gasteiger partial charge in [0.2, 0.25) is 5.28 Å². The van der Waals surface area contributed by atoms with E-state index >= 15 is 0 Å². The highest BCUT2D eigenvalue weighted by Gasteiger charge is 2.18. The van der Waals surface area contributed by atoms with Crippen LogP contribution in [-0.4, -0.2) is 9.97 Å². The van der Waals surface area contributed by atoms with Crippen molar-refractivity contribution < 1.29 is 4.42 Å². The smallest absolute Gasteiger partial charge is 0.224 e. The number of rotatable bonds is 3. The Morgan fingerprint density at radius 3 is 3.12 bits per heavy atom. The molecule has 0 saturated carbocycles. The molecule has 1 N–H and O–H groups in total. The van der Waals surface area contributed by atoms with E-state index in [0.29, 0.717) is 11.8 Å². The van der Waals surface area contributed by atoms with Crippen molar-refractivity contribution in [2.24, 2.45) is 0 Å². The second-order valence-electron chi connectivity index (χ2n) is 4.05. The molecule has 4 nitrogen and oxygen atoms in total. The summed E-state index contributed by atoms with van der Waals surface area (Å²) in [4.78, 5) is 8.50. The summed E-state index contributed by atoms with van der Waals surface area (Å²) < 4.78 is 5.27. The van der Waals surface area contributed by atoms with Crippen LogP contribution >= 0.6 is 11.6 Å². The number of aromatic nitrogens is 2. The van der Waals surface area contributed by atoms with E-state index in [0.717, 1.165) is 36.5 Å². The van der Waals surface area contributed by atoms with E-state index in [1.165, 1.54) is 5.56 Å².